The second-order valence-electron chi connectivity index (χ2n) is 2.76. The first-order valence-corrected chi connectivity index (χ1v) is 4.09. The smallest absolute Gasteiger partial charge is 0.332 e. The summed E-state index contributed by atoms with van der Waals surface area (Å²) < 4.78 is 0. The second kappa shape index (κ2) is 4.85. The van der Waals surface area contributed by atoms with Crippen LogP contribution in [0.5, 0.6) is 0 Å². The predicted molar refractivity (Wildman–Crippen MR) is 55.3 cm³/mol. The number of carbonyl (C=O) groups is 1. The maximum absolute atomic E-state index is 10.6. The quantitative estimate of drug-likeness (QED) is 0.796. The minimum absolute atomic E-state index is 0. The molecule has 1 rings (SSSR count). The number of hydrogen-bond acceptors (Lipinski definition) is 4. The van der Waals surface area contributed by atoms with Crippen LogP contribution in [0.1, 0.15) is 25.1 Å². The maximum Gasteiger partial charge on any atom is 0.332 e. The van der Waals surface area contributed by atoms with Crippen LogP contribution in [0.2, 0.25) is 0 Å². The van der Waals surface area contributed by atoms with Crippen molar-refractivity contribution in [3.05, 3.63) is 11.3 Å². The number of nitrogen functional groups attached to an aromatic ring is 1. The average molecular weight is 220 g/mol. The molecule has 0 atom stereocenters. The molecule has 0 bridgehead atoms. The summed E-state index contributed by atoms with van der Waals surface area (Å²) in [4.78, 5) is 16.5. The minimum atomic E-state index is -0.433. The van der Waals surface area contributed by atoms with Crippen molar-refractivity contribution in [2.24, 2.45) is 0 Å². The van der Waals surface area contributed by atoms with Gasteiger partial charge in [0, 0.05) is 12.5 Å². The molecular weight excluding hydrogens is 206 g/mol. The number of aryl methyl sites for hydroxylation is 1. The van der Waals surface area contributed by atoms with Crippen LogP contribution < -0.4 is 10.6 Å². The fourth-order valence-corrected chi connectivity index (χ4v) is 1.18. The third-order valence-corrected chi connectivity index (χ3v) is 1.76. The summed E-state index contributed by atoms with van der Waals surface area (Å²) in [6, 6.07) is 0. The molecule has 0 aliphatic carbocycles. The summed E-state index contributed by atoms with van der Waals surface area (Å²) in [6.07, 6.45) is 0.777. The van der Waals surface area contributed by atoms with Gasteiger partial charge in [0.05, 0.1) is 5.69 Å². The van der Waals surface area contributed by atoms with Gasteiger partial charge >= 0.3 is 5.97 Å². The number of halogens is 1. The highest BCUT2D eigenvalue weighted by Crippen LogP contribution is 2.15. The Bertz CT molecular complexity index is 336. The molecule has 80 valence electrons. The molecule has 5 nitrogen and oxygen atoms in total. The van der Waals surface area contributed by atoms with Crippen LogP contribution in [0.15, 0.2) is 0 Å². The standard InChI is InChI=1S/C8H13N3O2.ClH/c1-4-7-5(2)10-11(8(7)9)13-6(3)12;/h4,9H2,1-3H3;1H. The number of aromatic nitrogens is 2. The molecule has 0 amide bonds. The topological polar surface area (TPSA) is 70.1 Å². The zero-order valence-corrected chi connectivity index (χ0v) is 9.22. The number of nitrogens with two attached hydrogens (primary N) is 1. The number of rotatable bonds is 2. The Morgan fingerprint density at radius 2 is 2.21 bits per heavy atom. The van der Waals surface area contributed by atoms with Gasteiger partial charge in [-0.15, -0.1) is 17.5 Å². The molecule has 0 fully saturated rings. The lowest BCUT2D eigenvalue weighted by atomic mass is 10.2. The van der Waals surface area contributed by atoms with E-state index in [1.807, 2.05) is 13.8 Å². The van der Waals surface area contributed by atoms with Crippen molar-refractivity contribution in [3.63, 3.8) is 0 Å². The van der Waals surface area contributed by atoms with Gasteiger partial charge in [-0.05, 0) is 13.3 Å². The van der Waals surface area contributed by atoms with E-state index in [-0.39, 0.29) is 12.4 Å². The molecule has 0 aliphatic heterocycles. The van der Waals surface area contributed by atoms with E-state index in [2.05, 4.69) is 5.10 Å². The maximum atomic E-state index is 10.6. The Kier molecular flexibility index (Phi) is 4.43. The van der Waals surface area contributed by atoms with E-state index in [0.717, 1.165) is 22.5 Å². The molecule has 1 aromatic rings. The van der Waals surface area contributed by atoms with Gasteiger partial charge in [-0.2, -0.15) is 0 Å². The average Bonchev–Trinajstić information content (AvgIpc) is 2.26. The molecule has 2 N–H and O–H groups in total. The first-order valence-electron chi connectivity index (χ1n) is 4.09. The highest BCUT2D eigenvalue weighted by atomic mass is 35.5. The summed E-state index contributed by atoms with van der Waals surface area (Å²) in [5, 5.41) is 3.97. The molecule has 0 aliphatic rings. The molecule has 0 saturated carbocycles. The zero-order valence-electron chi connectivity index (χ0n) is 8.40. The van der Waals surface area contributed by atoms with E-state index in [9.17, 15) is 4.79 Å². The minimum Gasteiger partial charge on any atom is -0.381 e. The predicted octanol–water partition coefficient (Wildman–Crippen LogP) is 0.733. The summed E-state index contributed by atoms with van der Waals surface area (Å²) in [5.41, 5.74) is 7.40. The van der Waals surface area contributed by atoms with Crippen LogP contribution in [-0.2, 0) is 11.2 Å². The lowest BCUT2D eigenvalue weighted by Crippen LogP contribution is -2.19. The van der Waals surface area contributed by atoms with Crippen LogP contribution in [-0.4, -0.2) is 15.9 Å². The molecular formula is C8H14ClN3O2. The van der Waals surface area contributed by atoms with Crippen LogP contribution in [0.3, 0.4) is 0 Å². The van der Waals surface area contributed by atoms with E-state index in [4.69, 9.17) is 10.6 Å². The highest BCUT2D eigenvalue weighted by Gasteiger charge is 2.12. The first-order chi connectivity index (χ1) is 6.06. The van der Waals surface area contributed by atoms with Crippen LogP contribution >= 0.6 is 12.4 Å². The lowest BCUT2D eigenvalue weighted by molar-refractivity contribution is -0.142. The molecule has 1 heterocycles. The van der Waals surface area contributed by atoms with E-state index in [1.54, 1.807) is 0 Å². The lowest BCUT2D eigenvalue weighted by Gasteiger charge is -2.01. The molecule has 1 aromatic heterocycles. The van der Waals surface area contributed by atoms with Gasteiger partial charge in [-0.3, -0.25) is 0 Å². The third kappa shape index (κ3) is 2.38. The molecule has 0 saturated heterocycles. The van der Waals surface area contributed by atoms with E-state index in [0.29, 0.717) is 5.82 Å². The molecule has 14 heavy (non-hydrogen) atoms. The van der Waals surface area contributed by atoms with Gasteiger partial charge in [-0.25, -0.2) is 4.79 Å². The van der Waals surface area contributed by atoms with E-state index in [1.165, 1.54) is 6.92 Å². The number of hydrogen-bond donors (Lipinski definition) is 1. The largest absolute Gasteiger partial charge is 0.381 e. The molecule has 0 radical (unpaired) electrons. The van der Waals surface area contributed by atoms with Crippen molar-refractivity contribution in [1.29, 1.82) is 0 Å². The van der Waals surface area contributed by atoms with Crippen LogP contribution in [0.25, 0.3) is 0 Å². The second-order valence-corrected chi connectivity index (χ2v) is 2.76. The molecule has 0 aromatic carbocycles. The van der Waals surface area contributed by atoms with Crippen LogP contribution in [0.4, 0.5) is 5.82 Å². The van der Waals surface area contributed by atoms with Gasteiger partial charge in [0.1, 0.15) is 0 Å². The third-order valence-electron chi connectivity index (χ3n) is 1.76. The molecule has 0 unspecified atom stereocenters. The van der Waals surface area contributed by atoms with Crippen molar-refractivity contribution in [3.8, 4) is 0 Å². The Labute approximate surface area is 88.6 Å². The number of nitrogens with zero attached hydrogens (tertiary/aromatic N) is 2. The van der Waals surface area contributed by atoms with Crippen molar-refractivity contribution < 1.29 is 9.63 Å². The SMILES string of the molecule is CCc1c(C)nn(OC(C)=O)c1N.Cl. The van der Waals surface area contributed by atoms with Crippen LogP contribution in [0, 0.1) is 6.92 Å². The van der Waals surface area contributed by atoms with Gasteiger partial charge in [0.15, 0.2) is 5.82 Å². The summed E-state index contributed by atoms with van der Waals surface area (Å²) in [6.45, 7) is 5.11. The fraction of sp³-hybridized carbons (Fsp3) is 0.500. The van der Waals surface area contributed by atoms with E-state index < -0.39 is 5.97 Å². The van der Waals surface area contributed by atoms with E-state index >= 15 is 0 Å². The molecule has 6 heteroatoms. The van der Waals surface area contributed by atoms with Gasteiger partial charge in [0.2, 0.25) is 0 Å². The zero-order chi connectivity index (χ0) is 10.0. The Hall–Kier alpha value is -1.23. The van der Waals surface area contributed by atoms with Crippen molar-refractivity contribution >= 4 is 24.2 Å². The first kappa shape index (κ1) is 12.8. The molecule has 0 spiro atoms. The van der Waals surface area contributed by atoms with Gasteiger partial charge in [-0.1, -0.05) is 11.8 Å². The van der Waals surface area contributed by atoms with Gasteiger partial charge < -0.3 is 10.6 Å². The number of anilines is 1. The number of carbonyl (C=O) groups excluding carboxylic acids is 1. The summed E-state index contributed by atoms with van der Waals surface area (Å²) >= 11 is 0. The van der Waals surface area contributed by atoms with Crippen molar-refractivity contribution in [1.82, 2.24) is 9.94 Å². The fourth-order valence-electron chi connectivity index (χ4n) is 1.18. The normalized spacial score (nSPS) is 9.36. The Morgan fingerprint density at radius 3 is 2.57 bits per heavy atom. The summed E-state index contributed by atoms with van der Waals surface area (Å²) in [7, 11) is 0. The van der Waals surface area contributed by atoms with Crippen molar-refractivity contribution in [2.75, 3.05) is 5.73 Å². The highest BCUT2D eigenvalue weighted by molar-refractivity contribution is 5.85. The van der Waals surface area contributed by atoms with Gasteiger partial charge in [0.25, 0.3) is 0 Å². The Morgan fingerprint density at radius 1 is 1.64 bits per heavy atom. The van der Waals surface area contributed by atoms with Crippen molar-refractivity contribution in [2.45, 2.75) is 27.2 Å². The summed E-state index contributed by atoms with van der Waals surface area (Å²) in [5.74, 6) is -0.0351. The monoisotopic (exact) mass is 219 g/mol. The Balaban J connectivity index is 0.00000169.